The Morgan fingerprint density at radius 3 is 1.89 bits per heavy atom. The molecule has 0 heterocycles. The van der Waals surface area contributed by atoms with Crippen LogP contribution in [0.2, 0.25) is 0 Å². The molecule has 0 bridgehead atoms. The molecule has 0 aliphatic carbocycles. The van der Waals surface area contributed by atoms with Gasteiger partial charge < -0.3 is 10.2 Å². The van der Waals surface area contributed by atoms with Crippen LogP contribution in [-0.4, -0.2) is 81.3 Å². The van der Waals surface area contributed by atoms with Crippen LogP contribution in [0.15, 0.2) is 41.5 Å². The Morgan fingerprint density at radius 2 is 1.50 bits per heavy atom. The maximum Gasteiger partial charge on any atom is 0.332 e. The zero-order valence-electron chi connectivity index (χ0n) is 10.8. The van der Waals surface area contributed by atoms with Crippen LogP contribution in [0.5, 0.6) is 0 Å². The van der Waals surface area contributed by atoms with Gasteiger partial charge in [-0.1, -0.05) is 30.3 Å². The second kappa shape index (κ2) is 9.78. The normalized spacial score (nSPS) is 10.5. The topological polar surface area (TPSA) is 74.6 Å². The Balaban J connectivity index is 0. The molecule has 0 aliphatic rings. The fraction of sp³-hybridized carbons (Fsp3) is 0.167. The van der Waals surface area contributed by atoms with Gasteiger partial charge in [0.05, 0.1) is 5.57 Å². The Labute approximate surface area is 150 Å². The smallest absolute Gasteiger partial charge is 0.332 e. The van der Waals surface area contributed by atoms with E-state index < -0.39 is 11.9 Å². The maximum absolute atomic E-state index is 10.9. The molecule has 0 saturated heterocycles. The van der Waals surface area contributed by atoms with E-state index in [0.717, 1.165) is 5.56 Å². The molecule has 6 heteroatoms. The van der Waals surface area contributed by atoms with Gasteiger partial charge in [0.2, 0.25) is 0 Å². The molecule has 2 radical (unpaired) electrons. The first-order chi connectivity index (χ1) is 7.52. The molecule has 1 rings (SSSR count). The molecule has 0 spiro atoms. The van der Waals surface area contributed by atoms with Gasteiger partial charge in [-0.05, 0) is 12.5 Å². The predicted octanol–water partition coefficient (Wildman–Crippen LogP) is 0.953. The van der Waals surface area contributed by atoms with Crippen molar-refractivity contribution in [3.8, 4) is 0 Å². The fourth-order valence-corrected chi connectivity index (χ4v) is 1.30. The van der Waals surface area contributed by atoms with E-state index in [0.29, 0.717) is 0 Å². The molecule has 0 aromatic heterocycles. The van der Waals surface area contributed by atoms with Crippen molar-refractivity contribution in [3.63, 3.8) is 0 Å². The van der Waals surface area contributed by atoms with Gasteiger partial charge in [-0.15, -0.1) is 0 Å². The van der Waals surface area contributed by atoms with Crippen LogP contribution in [0, 0.1) is 0 Å². The average molecular weight is 266 g/mol. The minimum absolute atomic E-state index is 0. The largest absolute Gasteiger partial charge is 0.478 e. The number of carboxylic acid groups (broad SMARTS) is 2. The molecule has 18 heavy (non-hydrogen) atoms. The van der Waals surface area contributed by atoms with Crippen molar-refractivity contribution in [2.45, 2.75) is 13.3 Å². The van der Waals surface area contributed by atoms with Crippen LogP contribution in [0.3, 0.4) is 0 Å². The van der Waals surface area contributed by atoms with Crippen LogP contribution in [-0.2, 0) is 16.0 Å². The second-order valence-electron chi connectivity index (χ2n) is 3.38. The molecule has 1 aromatic rings. The predicted molar refractivity (Wildman–Crippen MR) is 69.6 cm³/mol. The summed E-state index contributed by atoms with van der Waals surface area (Å²) >= 11 is 0. The van der Waals surface area contributed by atoms with Gasteiger partial charge >= 0.3 is 11.9 Å². The second-order valence-corrected chi connectivity index (χ2v) is 3.38. The zero-order chi connectivity index (χ0) is 12.1. The molecule has 0 amide bonds. The van der Waals surface area contributed by atoms with E-state index in [2.05, 4.69) is 0 Å². The van der Waals surface area contributed by atoms with Gasteiger partial charge in [0, 0.05) is 71.1 Å². The third-order valence-corrected chi connectivity index (χ3v) is 2.26. The summed E-state index contributed by atoms with van der Waals surface area (Å²) in [5.74, 6) is -2.39. The number of carbonyl (C=O) groups is 2. The molecular weight excluding hydrogens is 254 g/mol. The van der Waals surface area contributed by atoms with E-state index >= 15 is 0 Å². The number of aliphatic carboxylic acids is 2. The minimum Gasteiger partial charge on any atom is -0.478 e. The monoisotopic (exact) mass is 266 g/mol. The number of benzene rings is 1. The first kappa shape index (κ1) is 20.2. The van der Waals surface area contributed by atoms with Crippen molar-refractivity contribution < 1.29 is 19.8 Å². The summed E-state index contributed by atoms with van der Waals surface area (Å²) in [5.41, 5.74) is 0.565. The summed E-state index contributed by atoms with van der Waals surface area (Å²) in [6.07, 6.45) is 0.119. The van der Waals surface area contributed by atoms with Crippen molar-refractivity contribution in [1.82, 2.24) is 0 Å². The van der Waals surface area contributed by atoms with Crippen LogP contribution in [0.4, 0.5) is 0 Å². The van der Waals surface area contributed by atoms with Crippen molar-refractivity contribution >= 4 is 71.1 Å². The van der Waals surface area contributed by atoms with Gasteiger partial charge in [-0.3, -0.25) is 0 Å². The van der Waals surface area contributed by atoms with Crippen LogP contribution >= 0.6 is 0 Å². The van der Waals surface area contributed by atoms with E-state index in [4.69, 9.17) is 10.2 Å². The number of hydrogen-bond donors (Lipinski definition) is 2. The molecule has 4 nitrogen and oxygen atoms in total. The summed E-state index contributed by atoms with van der Waals surface area (Å²) in [4.78, 5) is 21.6. The summed E-state index contributed by atoms with van der Waals surface area (Å²) in [6.45, 7) is 1.30. The summed E-state index contributed by atoms with van der Waals surface area (Å²) in [5, 5.41) is 17.7. The summed E-state index contributed by atoms with van der Waals surface area (Å²) in [7, 11) is 0. The molecule has 2 N–H and O–H groups in total. The van der Waals surface area contributed by atoms with Crippen LogP contribution in [0.25, 0.3) is 0 Å². The van der Waals surface area contributed by atoms with E-state index in [1.54, 1.807) is 24.3 Å². The van der Waals surface area contributed by atoms with Crippen molar-refractivity contribution in [2.75, 3.05) is 0 Å². The van der Waals surface area contributed by atoms with Crippen molar-refractivity contribution in [2.24, 2.45) is 0 Å². The molecule has 0 aliphatic heterocycles. The molecule has 1 aromatic carbocycles. The molecule has 0 atom stereocenters. The van der Waals surface area contributed by atoms with Gasteiger partial charge in [0.1, 0.15) is 0 Å². The van der Waals surface area contributed by atoms with Crippen LogP contribution < -0.4 is 0 Å². The third-order valence-electron chi connectivity index (χ3n) is 2.26. The van der Waals surface area contributed by atoms with E-state index in [1.165, 1.54) is 6.92 Å². The minimum atomic E-state index is -1.20. The van der Waals surface area contributed by atoms with Crippen molar-refractivity contribution in [3.05, 3.63) is 47.0 Å². The number of rotatable bonds is 4. The Hall–Kier alpha value is -0.1000. The molecule has 0 unspecified atom stereocenters. The Kier molecular flexibility index (Phi) is 11.0. The Bertz CT molecular complexity index is 441. The number of carboxylic acids is 2. The maximum atomic E-state index is 10.9. The van der Waals surface area contributed by atoms with Crippen molar-refractivity contribution in [1.29, 1.82) is 0 Å². The SMILES string of the molecule is C/C(C(=O)O)=C(\Cc1ccccc1)C(=O)O.[Na].[Na]. The fourth-order valence-electron chi connectivity index (χ4n) is 1.30. The summed E-state index contributed by atoms with van der Waals surface area (Å²) in [6, 6.07) is 8.91. The van der Waals surface area contributed by atoms with E-state index in [-0.39, 0.29) is 76.7 Å². The van der Waals surface area contributed by atoms with E-state index in [1.807, 2.05) is 6.07 Å². The first-order valence-corrected chi connectivity index (χ1v) is 4.72. The number of hydrogen-bond acceptors (Lipinski definition) is 2. The molecule has 86 valence electrons. The molecule has 0 fully saturated rings. The van der Waals surface area contributed by atoms with Gasteiger partial charge in [-0.2, -0.15) is 0 Å². The standard InChI is InChI=1S/C12H12O4.2Na/c1-8(11(13)14)10(12(15)16)7-9-5-3-2-4-6-9;;/h2-6H,7H2,1H3,(H,13,14)(H,15,16);;/b10-8-;;. The summed E-state index contributed by atoms with van der Waals surface area (Å²) < 4.78 is 0. The quantitative estimate of drug-likeness (QED) is 0.628. The van der Waals surface area contributed by atoms with Gasteiger partial charge in [0.25, 0.3) is 0 Å². The first-order valence-electron chi connectivity index (χ1n) is 4.72. The van der Waals surface area contributed by atoms with E-state index in [9.17, 15) is 9.59 Å². The van der Waals surface area contributed by atoms with Gasteiger partial charge in [0.15, 0.2) is 0 Å². The molecular formula is C12H12Na2O4. The Morgan fingerprint density at radius 1 is 1.00 bits per heavy atom. The molecule has 0 saturated carbocycles. The average Bonchev–Trinajstić information content (AvgIpc) is 2.26. The third kappa shape index (κ3) is 6.18. The van der Waals surface area contributed by atoms with Crippen LogP contribution in [0.1, 0.15) is 12.5 Å². The zero-order valence-corrected chi connectivity index (χ0v) is 14.8. The van der Waals surface area contributed by atoms with Gasteiger partial charge in [-0.25, -0.2) is 9.59 Å².